The zero-order valence-corrected chi connectivity index (χ0v) is 18.9. The molecule has 2 aliphatic heterocycles. The molecule has 164 valence electrons. The Labute approximate surface area is 191 Å². The van der Waals surface area contributed by atoms with Gasteiger partial charge < -0.3 is 15.4 Å². The van der Waals surface area contributed by atoms with Gasteiger partial charge in [0.1, 0.15) is 16.9 Å². The molecule has 0 spiro atoms. The molecule has 0 aliphatic carbocycles. The number of carbonyl (C=O) groups excluding carboxylic acids is 2. The van der Waals surface area contributed by atoms with Gasteiger partial charge in [0.25, 0.3) is 5.91 Å². The summed E-state index contributed by atoms with van der Waals surface area (Å²) in [6.07, 6.45) is 0.579. The molecule has 7 heteroatoms. The summed E-state index contributed by atoms with van der Waals surface area (Å²) in [6, 6.07) is 16.6. The minimum absolute atomic E-state index is 0.0289. The van der Waals surface area contributed by atoms with Crippen LogP contribution in [-0.4, -0.2) is 29.4 Å². The summed E-state index contributed by atoms with van der Waals surface area (Å²) in [5.41, 5.74) is 3.40. The quantitative estimate of drug-likeness (QED) is 0.452. The fourth-order valence-corrected chi connectivity index (χ4v) is 5.51. The lowest BCUT2D eigenvalue weighted by Crippen LogP contribution is -2.39. The van der Waals surface area contributed by atoms with Crippen LogP contribution in [-0.2, 0) is 13.0 Å². The van der Waals surface area contributed by atoms with E-state index in [1.165, 1.54) is 10.4 Å². The van der Waals surface area contributed by atoms with Crippen molar-refractivity contribution in [3.05, 3.63) is 81.7 Å². The molecule has 0 saturated carbocycles. The Morgan fingerprint density at radius 3 is 2.56 bits per heavy atom. The van der Waals surface area contributed by atoms with Crippen LogP contribution >= 0.6 is 11.3 Å². The number of hydrogen-bond donors (Lipinski definition) is 2. The summed E-state index contributed by atoms with van der Waals surface area (Å²) in [6.45, 7) is 6.29. The number of ether oxygens (including phenoxy) is 1. The van der Waals surface area contributed by atoms with Gasteiger partial charge in [-0.2, -0.15) is 0 Å². The van der Waals surface area contributed by atoms with E-state index in [1.807, 2.05) is 18.2 Å². The number of amides is 1. The number of thiophene rings is 1. The SMILES string of the molecule is CC(C)N1CCc2c(sc3c2C(=O)NC(c2ccc(OC(=O)c4ccccc4)cc2)N3)C1. The van der Waals surface area contributed by atoms with E-state index in [1.54, 1.807) is 47.7 Å². The molecule has 2 N–H and O–H groups in total. The van der Waals surface area contributed by atoms with Crippen LogP contribution in [0, 0.1) is 0 Å². The molecule has 0 saturated heterocycles. The first-order valence-corrected chi connectivity index (χ1v) is 11.6. The number of anilines is 1. The average Bonchev–Trinajstić information content (AvgIpc) is 3.18. The number of benzene rings is 2. The van der Waals surface area contributed by atoms with Gasteiger partial charge in [0.15, 0.2) is 0 Å². The first-order chi connectivity index (χ1) is 15.5. The molecule has 5 rings (SSSR count). The van der Waals surface area contributed by atoms with Crippen molar-refractivity contribution in [1.29, 1.82) is 0 Å². The van der Waals surface area contributed by atoms with Crippen molar-refractivity contribution < 1.29 is 14.3 Å². The minimum Gasteiger partial charge on any atom is -0.423 e. The van der Waals surface area contributed by atoms with E-state index in [-0.39, 0.29) is 12.1 Å². The van der Waals surface area contributed by atoms with Crippen LogP contribution in [0.3, 0.4) is 0 Å². The molecular formula is C25H25N3O3S. The lowest BCUT2D eigenvalue weighted by Gasteiger charge is -2.31. The molecular weight excluding hydrogens is 422 g/mol. The Bertz CT molecular complexity index is 1160. The highest BCUT2D eigenvalue weighted by atomic mass is 32.1. The van der Waals surface area contributed by atoms with Crippen molar-refractivity contribution in [3.8, 4) is 5.75 Å². The highest BCUT2D eigenvalue weighted by molar-refractivity contribution is 7.16. The number of hydrogen-bond acceptors (Lipinski definition) is 6. The van der Waals surface area contributed by atoms with Gasteiger partial charge in [0, 0.05) is 24.0 Å². The Morgan fingerprint density at radius 1 is 1.09 bits per heavy atom. The second-order valence-corrected chi connectivity index (χ2v) is 9.50. The van der Waals surface area contributed by atoms with E-state index in [9.17, 15) is 9.59 Å². The highest BCUT2D eigenvalue weighted by Gasteiger charge is 2.33. The Kier molecular flexibility index (Phi) is 5.45. The molecule has 1 atom stereocenters. The lowest BCUT2D eigenvalue weighted by molar-refractivity contribution is 0.0734. The second-order valence-electron chi connectivity index (χ2n) is 8.40. The van der Waals surface area contributed by atoms with Gasteiger partial charge in [0.2, 0.25) is 0 Å². The van der Waals surface area contributed by atoms with Crippen LogP contribution in [0.15, 0.2) is 54.6 Å². The third kappa shape index (κ3) is 3.89. The van der Waals surface area contributed by atoms with Gasteiger partial charge in [-0.05, 0) is 55.7 Å². The Balaban J connectivity index is 1.31. The summed E-state index contributed by atoms with van der Waals surface area (Å²) >= 11 is 1.69. The Morgan fingerprint density at radius 2 is 1.84 bits per heavy atom. The lowest BCUT2D eigenvalue weighted by atomic mass is 9.99. The summed E-state index contributed by atoms with van der Waals surface area (Å²) < 4.78 is 5.46. The van der Waals surface area contributed by atoms with Gasteiger partial charge in [-0.25, -0.2) is 4.79 Å². The predicted molar refractivity (Wildman–Crippen MR) is 125 cm³/mol. The first kappa shape index (κ1) is 20.7. The van der Waals surface area contributed by atoms with Crippen LogP contribution in [0.2, 0.25) is 0 Å². The van der Waals surface area contributed by atoms with Crippen LogP contribution in [0.4, 0.5) is 5.00 Å². The summed E-state index contributed by atoms with van der Waals surface area (Å²) in [5, 5.41) is 7.51. The van der Waals surface area contributed by atoms with Crippen LogP contribution in [0.25, 0.3) is 0 Å². The van der Waals surface area contributed by atoms with E-state index in [4.69, 9.17) is 4.74 Å². The monoisotopic (exact) mass is 447 g/mol. The summed E-state index contributed by atoms with van der Waals surface area (Å²) in [5.74, 6) is 0.0383. The average molecular weight is 448 g/mol. The summed E-state index contributed by atoms with van der Waals surface area (Å²) in [7, 11) is 0. The molecule has 3 aromatic rings. The van der Waals surface area contributed by atoms with Gasteiger partial charge in [0.05, 0.1) is 11.1 Å². The molecule has 1 aromatic heterocycles. The normalized spacial score (nSPS) is 17.8. The maximum atomic E-state index is 13.0. The molecule has 0 fully saturated rings. The highest BCUT2D eigenvalue weighted by Crippen LogP contribution is 2.41. The molecule has 3 heterocycles. The first-order valence-electron chi connectivity index (χ1n) is 10.8. The van der Waals surface area contributed by atoms with Crippen molar-refractivity contribution in [2.75, 3.05) is 11.9 Å². The smallest absolute Gasteiger partial charge is 0.343 e. The number of esters is 1. The van der Waals surface area contributed by atoms with Gasteiger partial charge in [-0.15, -0.1) is 11.3 Å². The second kappa shape index (κ2) is 8.41. The fourth-order valence-electron chi connectivity index (χ4n) is 4.21. The van der Waals surface area contributed by atoms with Crippen molar-refractivity contribution in [1.82, 2.24) is 10.2 Å². The molecule has 32 heavy (non-hydrogen) atoms. The molecule has 0 bridgehead atoms. The molecule has 2 aromatic carbocycles. The topological polar surface area (TPSA) is 70.7 Å². The minimum atomic E-state index is -0.397. The van der Waals surface area contributed by atoms with E-state index < -0.39 is 5.97 Å². The molecule has 1 unspecified atom stereocenters. The van der Waals surface area contributed by atoms with Gasteiger partial charge in [-0.3, -0.25) is 9.69 Å². The third-order valence-electron chi connectivity index (χ3n) is 6.03. The van der Waals surface area contributed by atoms with E-state index >= 15 is 0 Å². The van der Waals surface area contributed by atoms with Crippen molar-refractivity contribution >= 4 is 28.2 Å². The maximum absolute atomic E-state index is 13.0. The number of nitrogens with one attached hydrogen (secondary N) is 2. The van der Waals surface area contributed by atoms with Crippen molar-refractivity contribution in [2.24, 2.45) is 0 Å². The zero-order valence-electron chi connectivity index (χ0n) is 18.1. The fraction of sp³-hybridized carbons (Fsp3) is 0.280. The largest absolute Gasteiger partial charge is 0.423 e. The number of carbonyl (C=O) groups is 2. The molecule has 2 aliphatic rings. The zero-order chi connectivity index (χ0) is 22.2. The van der Waals surface area contributed by atoms with Crippen LogP contribution < -0.4 is 15.4 Å². The predicted octanol–water partition coefficient (Wildman–Crippen LogP) is 4.59. The van der Waals surface area contributed by atoms with Crippen molar-refractivity contribution in [2.45, 2.75) is 39.0 Å². The third-order valence-corrected chi connectivity index (χ3v) is 7.18. The number of fused-ring (bicyclic) bond motifs is 3. The molecule has 0 radical (unpaired) electrons. The van der Waals surface area contributed by atoms with E-state index in [0.717, 1.165) is 35.6 Å². The Hall–Kier alpha value is -3.16. The van der Waals surface area contributed by atoms with Gasteiger partial charge in [-0.1, -0.05) is 30.3 Å². The van der Waals surface area contributed by atoms with E-state index in [2.05, 4.69) is 29.4 Å². The number of nitrogens with zero attached hydrogens (tertiary/aromatic N) is 1. The van der Waals surface area contributed by atoms with Crippen LogP contribution in [0.1, 0.15) is 56.7 Å². The van der Waals surface area contributed by atoms with Gasteiger partial charge >= 0.3 is 5.97 Å². The van der Waals surface area contributed by atoms with Crippen LogP contribution in [0.5, 0.6) is 5.75 Å². The maximum Gasteiger partial charge on any atom is 0.343 e. The van der Waals surface area contributed by atoms with Crippen molar-refractivity contribution in [3.63, 3.8) is 0 Å². The summed E-state index contributed by atoms with van der Waals surface area (Å²) in [4.78, 5) is 28.9. The molecule has 1 amide bonds. The number of rotatable bonds is 4. The van der Waals surface area contributed by atoms with E-state index in [0.29, 0.717) is 17.4 Å². The standard InChI is InChI=1S/C25H25N3O3S/c1-15(2)28-13-12-19-20(14-28)32-24-21(19)23(29)26-22(27-24)16-8-10-18(11-9-16)31-25(30)17-6-4-3-5-7-17/h3-11,15,22,27H,12-14H2,1-2H3,(H,26,29). The molecule has 6 nitrogen and oxygen atoms in total.